The minimum Gasteiger partial charge on any atom is -0.477 e. The first-order valence-electron chi connectivity index (χ1n) is 12.7. The van der Waals surface area contributed by atoms with E-state index in [0.717, 1.165) is 63.0 Å². The van der Waals surface area contributed by atoms with Gasteiger partial charge in [-0.15, -0.1) is 11.3 Å². The van der Waals surface area contributed by atoms with Gasteiger partial charge in [-0.25, -0.2) is 14.8 Å². The topological polar surface area (TPSA) is 72.9 Å². The van der Waals surface area contributed by atoms with Gasteiger partial charge in [-0.05, 0) is 84.4 Å². The Balaban J connectivity index is 0.00000199. The molecule has 2 N–H and O–H groups in total. The summed E-state index contributed by atoms with van der Waals surface area (Å²) in [7, 11) is 1.93. The van der Waals surface area contributed by atoms with Crippen LogP contribution in [-0.4, -0.2) is 48.2 Å². The predicted molar refractivity (Wildman–Crippen MR) is 141 cm³/mol. The van der Waals surface area contributed by atoms with Gasteiger partial charge in [0, 0.05) is 24.4 Å². The zero-order chi connectivity index (χ0) is 25.5. The van der Waals surface area contributed by atoms with Crippen molar-refractivity contribution in [3.63, 3.8) is 0 Å². The third-order valence-corrected chi connectivity index (χ3v) is 7.45. The molecule has 1 aromatic rings. The third kappa shape index (κ3) is 7.56. The van der Waals surface area contributed by atoms with Gasteiger partial charge in [-0.2, -0.15) is 0 Å². The molecule has 1 saturated carbocycles. The molecule has 0 unspecified atom stereocenters. The van der Waals surface area contributed by atoms with Crippen molar-refractivity contribution >= 4 is 28.9 Å². The first kappa shape index (κ1) is 28.4. The number of nitrogens with zero attached hydrogens (tertiary/aromatic N) is 2. The number of carbonyl (C=O) groups excluding carboxylic acids is 1. The summed E-state index contributed by atoms with van der Waals surface area (Å²) in [6.07, 6.45) is 5.65. The van der Waals surface area contributed by atoms with Crippen molar-refractivity contribution in [3.8, 4) is 11.8 Å². The normalized spacial score (nSPS) is 21.2. The van der Waals surface area contributed by atoms with E-state index in [1.165, 1.54) is 0 Å². The van der Waals surface area contributed by atoms with E-state index in [9.17, 15) is 14.7 Å². The van der Waals surface area contributed by atoms with Crippen LogP contribution in [0.2, 0.25) is 0 Å². The molecule has 1 saturated heterocycles. The summed E-state index contributed by atoms with van der Waals surface area (Å²) in [5.74, 6) is 5.91. The van der Waals surface area contributed by atoms with E-state index in [0.29, 0.717) is 16.5 Å². The van der Waals surface area contributed by atoms with Crippen LogP contribution in [0.4, 0.5) is 5.69 Å². The van der Waals surface area contributed by atoms with Crippen molar-refractivity contribution in [3.05, 3.63) is 15.8 Å². The van der Waals surface area contributed by atoms with Crippen LogP contribution >= 0.6 is 11.3 Å². The number of anilines is 1. The smallest absolute Gasteiger partial charge is 0.348 e. The molecule has 3 rings (SSSR count). The number of hydrogen-bond donors (Lipinski definition) is 2. The van der Waals surface area contributed by atoms with Crippen molar-refractivity contribution in [1.82, 2.24) is 10.3 Å². The molecule has 190 valence electrons. The Kier molecular flexibility index (Phi) is 10.6. The van der Waals surface area contributed by atoms with Crippen molar-refractivity contribution in [2.45, 2.75) is 86.1 Å². The number of thiophene rings is 1. The first-order valence-corrected chi connectivity index (χ1v) is 13.6. The SMILES string of the molecule is CC.CC1CCC(C(=O)N(c2cc(C#CC(C)(C)C)sc2C(=O)O)N(C)C2CCNCC2)CC1. The minimum atomic E-state index is -1.01. The lowest BCUT2D eigenvalue weighted by Crippen LogP contribution is -2.54. The predicted octanol–water partition coefficient (Wildman–Crippen LogP) is 5.63. The van der Waals surface area contributed by atoms with Crippen molar-refractivity contribution < 1.29 is 14.7 Å². The second kappa shape index (κ2) is 12.7. The molecule has 0 bridgehead atoms. The Morgan fingerprint density at radius 2 is 1.68 bits per heavy atom. The van der Waals surface area contributed by atoms with Gasteiger partial charge < -0.3 is 10.4 Å². The molecule has 1 amide bonds. The van der Waals surface area contributed by atoms with Crippen LogP contribution < -0.4 is 10.3 Å². The lowest BCUT2D eigenvalue weighted by atomic mass is 9.82. The summed E-state index contributed by atoms with van der Waals surface area (Å²) in [5, 5.41) is 17.0. The highest BCUT2D eigenvalue weighted by atomic mass is 32.1. The Hall–Kier alpha value is -1.88. The zero-order valence-corrected chi connectivity index (χ0v) is 22.8. The Morgan fingerprint density at radius 1 is 1.09 bits per heavy atom. The fourth-order valence-electron chi connectivity index (χ4n) is 4.47. The Morgan fingerprint density at radius 3 is 2.21 bits per heavy atom. The number of carboxylic acids is 1. The number of hydrazine groups is 1. The molecule has 2 aliphatic rings. The maximum atomic E-state index is 13.8. The number of amides is 1. The lowest BCUT2D eigenvalue weighted by molar-refractivity contribution is -0.127. The lowest BCUT2D eigenvalue weighted by Gasteiger charge is -2.41. The second-order valence-corrected chi connectivity index (χ2v) is 11.3. The molecule has 7 heteroatoms. The van der Waals surface area contributed by atoms with Crippen LogP contribution in [0, 0.1) is 29.1 Å². The molecule has 1 aliphatic heterocycles. The summed E-state index contributed by atoms with van der Waals surface area (Å²) in [5.41, 5.74) is 0.277. The molecule has 2 fully saturated rings. The van der Waals surface area contributed by atoms with Crippen molar-refractivity contribution in [2.75, 3.05) is 25.1 Å². The largest absolute Gasteiger partial charge is 0.477 e. The van der Waals surface area contributed by atoms with Gasteiger partial charge in [0.2, 0.25) is 5.91 Å². The Labute approximate surface area is 210 Å². The zero-order valence-electron chi connectivity index (χ0n) is 22.0. The summed E-state index contributed by atoms with van der Waals surface area (Å²) in [6, 6.07) is 1.99. The standard InChI is InChI=1S/C25H37N3O3S.C2H6/c1-17-6-8-18(9-7-17)23(29)28(27(5)19-11-14-26-15-12-19)21-16-20(10-13-25(2,3)4)32-22(21)24(30)31;1-2/h16-19,26H,6-9,11-12,14-15H2,1-5H3,(H,30,31);1-2H3. The molecule has 0 aromatic carbocycles. The molecular weight excluding hydrogens is 446 g/mol. The highest BCUT2D eigenvalue weighted by Crippen LogP contribution is 2.36. The monoisotopic (exact) mass is 489 g/mol. The van der Waals surface area contributed by atoms with Gasteiger partial charge >= 0.3 is 5.97 Å². The molecular formula is C27H43N3O3S. The van der Waals surface area contributed by atoms with E-state index in [2.05, 4.69) is 24.1 Å². The van der Waals surface area contributed by atoms with Crippen LogP contribution in [-0.2, 0) is 4.79 Å². The first-order chi connectivity index (χ1) is 16.1. The van der Waals surface area contributed by atoms with Crippen LogP contribution in [0.3, 0.4) is 0 Å². The van der Waals surface area contributed by atoms with E-state index >= 15 is 0 Å². The van der Waals surface area contributed by atoms with Gasteiger partial charge in [-0.1, -0.05) is 32.6 Å². The van der Waals surface area contributed by atoms with Crippen molar-refractivity contribution in [2.24, 2.45) is 17.3 Å². The number of carboxylic acid groups (broad SMARTS) is 1. The van der Waals surface area contributed by atoms with Gasteiger partial charge in [-0.3, -0.25) is 4.79 Å². The van der Waals surface area contributed by atoms with E-state index in [1.807, 2.05) is 46.7 Å². The number of rotatable bonds is 5. The van der Waals surface area contributed by atoms with Gasteiger partial charge in [0.15, 0.2) is 0 Å². The number of hydrogen-bond acceptors (Lipinski definition) is 5. The molecule has 0 radical (unpaired) electrons. The van der Waals surface area contributed by atoms with Crippen LogP contribution in [0.5, 0.6) is 0 Å². The average Bonchev–Trinajstić information content (AvgIpc) is 3.24. The molecule has 0 spiro atoms. The Bertz CT molecular complexity index is 879. The molecule has 1 aromatic heterocycles. The summed E-state index contributed by atoms with van der Waals surface area (Å²) in [6.45, 7) is 14.1. The van der Waals surface area contributed by atoms with Crippen LogP contribution in [0.15, 0.2) is 6.07 Å². The fraction of sp³-hybridized carbons (Fsp3) is 0.704. The molecule has 1 aliphatic carbocycles. The quantitative estimate of drug-likeness (QED) is 0.414. The summed E-state index contributed by atoms with van der Waals surface area (Å²) >= 11 is 1.16. The molecule has 6 nitrogen and oxygen atoms in total. The van der Waals surface area contributed by atoms with Gasteiger partial charge in [0.1, 0.15) is 4.88 Å². The highest BCUT2D eigenvalue weighted by Gasteiger charge is 2.36. The summed E-state index contributed by atoms with van der Waals surface area (Å²) < 4.78 is 0. The van der Waals surface area contributed by atoms with Gasteiger partial charge in [0.05, 0.1) is 10.6 Å². The second-order valence-electron chi connectivity index (χ2n) is 10.3. The minimum absolute atomic E-state index is 0.0218. The van der Waals surface area contributed by atoms with E-state index < -0.39 is 5.97 Å². The van der Waals surface area contributed by atoms with E-state index in [4.69, 9.17) is 0 Å². The number of nitrogens with one attached hydrogen (secondary N) is 1. The van der Waals surface area contributed by atoms with Crippen LogP contribution in [0.1, 0.15) is 94.6 Å². The fourth-order valence-corrected chi connectivity index (χ4v) is 5.30. The molecule has 0 atom stereocenters. The van der Waals surface area contributed by atoms with E-state index in [1.54, 1.807) is 11.1 Å². The number of aromatic carboxylic acids is 1. The summed E-state index contributed by atoms with van der Waals surface area (Å²) in [4.78, 5) is 26.9. The molecule has 2 heterocycles. The number of piperidine rings is 1. The third-order valence-electron chi connectivity index (χ3n) is 6.42. The van der Waals surface area contributed by atoms with Gasteiger partial charge in [0.25, 0.3) is 0 Å². The molecule has 34 heavy (non-hydrogen) atoms. The number of carbonyl (C=O) groups is 2. The highest BCUT2D eigenvalue weighted by molar-refractivity contribution is 7.15. The average molecular weight is 490 g/mol. The van der Waals surface area contributed by atoms with E-state index in [-0.39, 0.29) is 28.2 Å². The van der Waals surface area contributed by atoms with Crippen molar-refractivity contribution in [1.29, 1.82) is 0 Å². The van der Waals surface area contributed by atoms with Crippen LogP contribution in [0.25, 0.3) is 0 Å². The maximum Gasteiger partial charge on any atom is 0.348 e. The maximum absolute atomic E-state index is 13.8.